The Kier molecular flexibility index (Phi) is 3.56. The molecule has 0 radical (unpaired) electrons. The van der Waals surface area contributed by atoms with Crippen molar-refractivity contribution in [2.45, 2.75) is 26.4 Å². The van der Waals surface area contributed by atoms with Crippen molar-refractivity contribution in [3.8, 4) is 0 Å². The Morgan fingerprint density at radius 1 is 1.56 bits per heavy atom. The molecule has 1 aromatic heterocycles. The lowest BCUT2D eigenvalue weighted by atomic mass is 10.3. The van der Waals surface area contributed by atoms with Gasteiger partial charge in [0.05, 0.1) is 6.54 Å². The highest BCUT2D eigenvalue weighted by atomic mass is 16.2. The minimum absolute atomic E-state index is 0.218. The van der Waals surface area contributed by atoms with E-state index in [4.69, 9.17) is 0 Å². The van der Waals surface area contributed by atoms with Crippen LogP contribution in [0.25, 0.3) is 0 Å². The molecule has 1 aromatic rings. The van der Waals surface area contributed by atoms with Crippen molar-refractivity contribution in [3.63, 3.8) is 0 Å². The van der Waals surface area contributed by atoms with E-state index in [-0.39, 0.29) is 5.91 Å². The van der Waals surface area contributed by atoms with Crippen LogP contribution in [-0.4, -0.2) is 40.0 Å². The van der Waals surface area contributed by atoms with Gasteiger partial charge in [0.1, 0.15) is 5.82 Å². The number of carbonyl (C=O) groups excluding carboxylic acids is 1. The number of rotatable bonds is 4. The van der Waals surface area contributed by atoms with Crippen LogP contribution in [0.15, 0.2) is 12.4 Å². The molecule has 2 heterocycles. The molecule has 88 valence electrons. The smallest absolute Gasteiger partial charge is 0.224 e. The van der Waals surface area contributed by atoms with Crippen molar-refractivity contribution in [2.75, 3.05) is 19.6 Å². The lowest BCUT2D eigenvalue weighted by Gasteiger charge is -2.27. The highest BCUT2D eigenvalue weighted by molar-refractivity contribution is 5.76. The zero-order valence-corrected chi connectivity index (χ0v) is 9.65. The third kappa shape index (κ3) is 2.41. The second-order valence-corrected chi connectivity index (χ2v) is 3.96. The normalized spacial score (nSPS) is 14.9. The SMILES string of the molecule is CCNCCC(=O)N1CCn2ccnc2C1. The Morgan fingerprint density at radius 2 is 2.44 bits per heavy atom. The van der Waals surface area contributed by atoms with Gasteiger partial charge in [-0.15, -0.1) is 0 Å². The first-order valence-corrected chi connectivity index (χ1v) is 5.79. The van der Waals surface area contributed by atoms with E-state index in [1.807, 2.05) is 18.0 Å². The third-order valence-corrected chi connectivity index (χ3v) is 2.86. The van der Waals surface area contributed by atoms with E-state index in [1.54, 1.807) is 6.20 Å². The van der Waals surface area contributed by atoms with Gasteiger partial charge >= 0.3 is 0 Å². The van der Waals surface area contributed by atoms with Gasteiger partial charge in [0, 0.05) is 38.4 Å². The molecule has 5 heteroatoms. The molecule has 0 fully saturated rings. The zero-order valence-electron chi connectivity index (χ0n) is 9.65. The molecule has 0 aromatic carbocycles. The van der Waals surface area contributed by atoms with Gasteiger partial charge in [-0.1, -0.05) is 6.92 Å². The van der Waals surface area contributed by atoms with Crippen LogP contribution in [-0.2, 0) is 17.9 Å². The summed E-state index contributed by atoms with van der Waals surface area (Å²) in [5.41, 5.74) is 0. The van der Waals surface area contributed by atoms with E-state index in [1.165, 1.54) is 0 Å². The molecule has 1 aliphatic rings. The van der Waals surface area contributed by atoms with E-state index in [0.29, 0.717) is 13.0 Å². The highest BCUT2D eigenvalue weighted by Crippen LogP contribution is 2.10. The molecule has 0 unspecified atom stereocenters. The highest BCUT2D eigenvalue weighted by Gasteiger charge is 2.20. The Hall–Kier alpha value is -1.36. The van der Waals surface area contributed by atoms with Gasteiger partial charge in [-0.2, -0.15) is 0 Å². The van der Waals surface area contributed by atoms with Crippen LogP contribution < -0.4 is 5.32 Å². The lowest BCUT2D eigenvalue weighted by Crippen LogP contribution is -2.39. The Morgan fingerprint density at radius 3 is 3.25 bits per heavy atom. The quantitative estimate of drug-likeness (QED) is 0.742. The molecule has 0 bridgehead atoms. The van der Waals surface area contributed by atoms with Crippen molar-refractivity contribution >= 4 is 5.91 Å². The Bertz CT molecular complexity index is 361. The maximum atomic E-state index is 11.9. The number of hydrogen-bond acceptors (Lipinski definition) is 3. The van der Waals surface area contributed by atoms with Crippen LogP contribution >= 0.6 is 0 Å². The number of amides is 1. The summed E-state index contributed by atoms with van der Waals surface area (Å²) in [5, 5.41) is 3.16. The van der Waals surface area contributed by atoms with E-state index < -0.39 is 0 Å². The van der Waals surface area contributed by atoms with Crippen molar-refractivity contribution < 1.29 is 4.79 Å². The van der Waals surface area contributed by atoms with Crippen LogP contribution in [0.2, 0.25) is 0 Å². The average Bonchev–Trinajstić information content (AvgIpc) is 2.76. The van der Waals surface area contributed by atoms with E-state index in [2.05, 4.69) is 14.9 Å². The predicted molar refractivity (Wildman–Crippen MR) is 60.8 cm³/mol. The van der Waals surface area contributed by atoms with Crippen molar-refractivity contribution in [1.82, 2.24) is 19.8 Å². The van der Waals surface area contributed by atoms with E-state index in [9.17, 15) is 4.79 Å². The molecule has 0 atom stereocenters. The largest absolute Gasteiger partial charge is 0.333 e. The molecule has 0 spiro atoms. The zero-order chi connectivity index (χ0) is 11.4. The first-order chi connectivity index (χ1) is 7.81. The van der Waals surface area contributed by atoms with Crippen LogP contribution in [0.1, 0.15) is 19.2 Å². The van der Waals surface area contributed by atoms with Gasteiger partial charge in [-0.05, 0) is 6.54 Å². The molecule has 1 amide bonds. The summed E-state index contributed by atoms with van der Waals surface area (Å²) in [6, 6.07) is 0. The maximum absolute atomic E-state index is 11.9. The molecular weight excluding hydrogens is 204 g/mol. The molecule has 1 aliphatic heterocycles. The maximum Gasteiger partial charge on any atom is 0.224 e. The van der Waals surface area contributed by atoms with E-state index in [0.717, 1.165) is 32.0 Å². The second kappa shape index (κ2) is 5.12. The summed E-state index contributed by atoms with van der Waals surface area (Å²) < 4.78 is 2.11. The van der Waals surface area contributed by atoms with Gasteiger partial charge in [-0.3, -0.25) is 4.79 Å². The number of nitrogens with zero attached hydrogens (tertiary/aromatic N) is 3. The number of carbonyl (C=O) groups is 1. The number of hydrogen-bond donors (Lipinski definition) is 1. The first kappa shape index (κ1) is 11.1. The summed E-state index contributed by atoms with van der Waals surface area (Å²) in [6.07, 6.45) is 4.34. The molecular formula is C11H18N4O. The average molecular weight is 222 g/mol. The fourth-order valence-corrected chi connectivity index (χ4v) is 1.92. The molecule has 0 saturated carbocycles. The van der Waals surface area contributed by atoms with Crippen molar-refractivity contribution in [3.05, 3.63) is 18.2 Å². The number of aromatic nitrogens is 2. The molecule has 2 rings (SSSR count). The van der Waals surface area contributed by atoms with Crippen molar-refractivity contribution in [1.29, 1.82) is 0 Å². The predicted octanol–water partition coefficient (Wildman–Crippen LogP) is 0.225. The minimum atomic E-state index is 0.218. The topological polar surface area (TPSA) is 50.2 Å². The summed E-state index contributed by atoms with van der Waals surface area (Å²) in [6.45, 7) is 6.04. The van der Waals surface area contributed by atoms with Gasteiger partial charge in [0.25, 0.3) is 0 Å². The van der Waals surface area contributed by atoms with E-state index >= 15 is 0 Å². The summed E-state index contributed by atoms with van der Waals surface area (Å²) >= 11 is 0. The van der Waals surface area contributed by atoms with Crippen LogP contribution in [0.5, 0.6) is 0 Å². The van der Waals surface area contributed by atoms with Gasteiger partial charge in [-0.25, -0.2) is 4.98 Å². The summed E-state index contributed by atoms with van der Waals surface area (Å²) in [4.78, 5) is 18.0. The van der Waals surface area contributed by atoms with Gasteiger partial charge in [0.15, 0.2) is 0 Å². The van der Waals surface area contributed by atoms with Gasteiger partial charge < -0.3 is 14.8 Å². The minimum Gasteiger partial charge on any atom is -0.333 e. The fraction of sp³-hybridized carbons (Fsp3) is 0.636. The number of imidazole rings is 1. The summed E-state index contributed by atoms with van der Waals surface area (Å²) in [7, 11) is 0. The molecule has 0 aliphatic carbocycles. The molecule has 16 heavy (non-hydrogen) atoms. The standard InChI is InChI=1S/C11H18N4O/c1-2-12-4-3-11(16)15-8-7-14-6-5-13-10(14)9-15/h5-6,12H,2-4,7-9H2,1H3. The van der Waals surface area contributed by atoms with Crippen molar-refractivity contribution in [2.24, 2.45) is 0 Å². The molecule has 1 N–H and O–H groups in total. The third-order valence-electron chi connectivity index (χ3n) is 2.86. The Balaban J connectivity index is 1.86. The number of fused-ring (bicyclic) bond motifs is 1. The van der Waals surface area contributed by atoms with Crippen LogP contribution in [0.3, 0.4) is 0 Å². The number of nitrogens with one attached hydrogen (secondary N) is 1. The lowest BCUT2D eigenvalue weighted by molar-refractivity contribution is -0.132. The fourth-order valence-electron chi connectivity index (χ4n) is 1.92. The first-order valence-electron chi connectivity index (χ1n) is 5.79. The second-order valence-electron chi connectivity index (χ2n) is 3.96. The molecule has 5 nitrogen and oxygen atoms in total. The van der Waals surface area contributed by atoms with Crippen LogP contribution in [0, 0.1) is 0 Å². The summed E-state index contributed by atoms with van der Waals surface area (Å²) in [5.74, 6) is 1.21. The molecule has 0 saturated heterocycles. The monoisotopic (exact) mass is 222 g/mol. The van der Waals surface area contributed by atoms with Gasteiger partial charge in [0.2, 0.25) is 5.91 Å². The van der Waals surface area contributed by atoms with Crippen LogP contribution in [0.4, 0.5) is 0 Å². The Labute approximate surface area is 95.5 Å².